The highest BCUT2D eigenvalue weighted by molar-refractivity contribution is 7.10. The van der Waals surface area contributed by atoms with Gasteiger partial charge in [0.05, 0.1) is 65.8 Å². The van der Waals surface area contributed by atoms with E-state index in [1.54, 1.807) is 55.1 Å². The highest BCUT2D eigenvalue weighted by atomic mass is 32.1. The summed E-state index contributed by atoms with van der Waals surface area (Å²) in [6, 6.07) is 16.4. The van der Waals surface area contributed by atoms with Crippen molar-refractivity contribution in [2.24, 2.45) is 0 Å². The molecule has 11 nitrogen and oxygen atoms in total. The Bertz CT molecular complexity index is 1270. The Labute approximate surface area is 323 Å². The van der Waals surface area contributed by atoms with Crippen molar-refractivity contribution in [3.05, 3.63) is 89.6 Å². The van der Waals surface area contributed by atoms with Crippen LogP contribution in [0.1, 0.15) is 32.4 Å². The standard InChI is InChI=1S/C37H51N3O8S4/c1-38(2)31(11-13-43-15-17-45-19-21-47-36(41)39(27-32-7-3-23-49-32)28-33-8-4-24-50-33)12-14-44-16-18-46-20-22-48-37(42)40(29-34-9-5-25-51-34)30-35-10-6-26-52-35/h3-10,23-26,31H,11-22,27-30H2,1-2H3. The predicted molar refractivity (Wildman–Crippen MR) is 208 cm³/mol. The average molecular weight is 794 g/mol. The molecule has 0 saturated carbocycles. The maximum atomic E-state index is 12.8. The zero-order valence-electron chi connectivity index (χ0n) is 30.1. The number of ether oxygens (including phenoxy) is 6. The van der Waals surface area contributed by atoms with Crippen LogP contribution >= 0.6 is 45.3 Å². The molecule has 0 aliphatic heterocycles. The summed E-state index contributed by atoms with van der Waals surface area (Å²) in [7, 11) is 4.12. The predicted octanol–water partition coefficient (Wildman–Crippen LogP) is 7.69. The SMILES string of the molecule is CN(C)C(CCOCCOCCOC(=O)N(Cc1cccs1)Cc1cccs1)CCOCCOCCOC(=O)N(Cc1cccs1)Cc1cccs1. The Hall–Kier alpha value is -2.86. The molecule has 4 heterocycles. The van der Waals surface area contributed by atoms with Gasteiger partial charge in [-0.2, -0.15) is 0 Å². The van der Waals surface area contributed by atoms with Crippen molar-refractivity contribution in [2.45, 2.75) is 45.1 Å². The third-order valence-corrected chi connectivity index (χ3v) is 11.2. The quantitative estimate of drug-likeness (QED) is 0.0563. The van der Waals surface area contributed by atoms with Crippen LogP contribution < -0.4 is 0 Å². The van der Waals surface area contributed by atoms with Gasteiger partial charge in [-0.25, -0.2) is 9.59 Å². The van der Waals surface area contributed by atoms with Crippen molar-refractivity contribution in [2.75, 3.05) is 80.2 Å². The first-order valence-electron chi connectivity index (χ1n) is 17.4. The van der Waals surface area contributed by atoms with Gasteiger partial charge < -0.3 is 33.3 Å². The van der Waals surface area contributed by atoms with Gasteiger partial charge in [-0.3, -0.25) is 9.80 Å². The van der Waals surface area contributed by atoms with E-state index < -0.39 is 0 Å². The summed E-state index contributed by atoms with van der Waals surface area (Å²) < 4.78 is 33.9. The topological polar surface area (TPSA) is 99.2 Å². The number of nitrogens with zero attached hydrogens (tertiary/aromatic N) is 3. The van der Waals surface area contributed by atoms with E-state index in [0.29, 0.717) is 85.1 Å². The molecule has 0 aromatic carbocycles. The molecule has 0 fully saturated rings. The molecule has 0 aliphatic rings. The van der Waals surface area contributed by atoms with Crippen LogP contribution in [0.15, 0.2) is 70.1 Å². The molecular weight excluding hydrogens is 743 g/mol. The number of amides is 2. The fraction of sp³-hybridized carbons (Fsp3) is 0.514. The van der Waals surface area contributed by atoms with E-state index in [1.807, 2.05) is 70.1 Å². The molecule has 0 atom stereocenters. The van der Waals surface area contributed by atoms with E-state index in [1.165, 1.54) is 0 Å². The van der Waals surface area contributed by atoms with Crippen LogP contribution in [-0.2, 0) is 54.6 Å². The summed E-state index contributed by atoms with van der Waals surface area (Å²) in [5, 5.41) is 8.04. The lowest BCUT2D eigenvalue weighted by Gasteiger charge is -2.24. The summed E-state index contributed by atoms with van der Waals surface area (Å²) in [5.41, 5.74) is 0. The second kappa shape index (κ2) is 25.2. The van der Waals surface area contributed by atoms with Gasteiger partial charge in [-0.05, 0) is 72.7 Å². The fourth-order valence-electron chi connectivity index (χ4n) is 5.03. The summed E-state index contributed by atoms with van der Waals surface area (Å²) in [6.45, 7) is 6.13. The summed E-state index contributed by atoms with van der Waals surface area (Å²) in [5.74, 6) is 0. The normalized spacial score (nSPS) is 11.4. The third-order valence-electron chi connectivity index (χ3n) is 7.80. The highest BCUT2D eigenvalue weighted by Crippen LogP contribution is 2.19. The van der Waals surface area contributed by atoms with Crippen LogP contribution in [0.4, 0.5) is 9.59 Å². The first kappa shape index (κ1) is 41.9. The number of carbonyl (C=O) groups is 2. The van der Waals surface area contributed by atoms with Crippen molar-refractivity contribution in [1.29, 1.82) is 0 Å². The fourth-order valence-corrected chi connectivity index (χ4v) is 7.91. The summed E-state index contributed by atoms with van der Waals surface area (Å²) in [4.78, 5) is 35.6. The van der Waals surface area contributed by atoms with Gasteiger partial charge in [-0.15, -0.1) is 45.3 Å². The van der Waals surface area contributed by atoms with Crippen LogP contribution in [0.3, 0.4) is 0 Å². The molecular formula is C37H51N3O8S4. The van der Waals surface area contributed by atoms with E-state index >= 15 is 0 Å². The van der Waals surface area contributed by atoms with Gasteiger partial charge in [0.25, 0.3) is 0 Å². The number of thiophene rings is 4. The summed E-state index contributed by atoms with van der Waals surface area (Å²) >= 11 is 6.50. The minimum atomic E-state index is -0.344. The van der Waals surface area contributed by atoms with E-state index in [2.05, 4.69) is 19.0 Å². The maximum Gasteiger partial charge on any atom is 0.410 e. The molecule has 4 aromatic heterocycles. The van der Waals surface area contributed by atoms with Gasteiger partial charge in [0.2, 0.25) is 0 Å². The maximum absolute atomic E-state index is 12.8. The molecule has 0 saturated heterocycles. The smallest absolute Gasteiger partial charge is 0.410 e. The molecule has 4 aromatic rings. The monoisotopic (exact) mass is 793 g/mol. The van der Waals surface area contributed by atoms with Gasteiger partial charge in [0.15, 0.2) is 0 Å². The zero-order chi connectivity index (χ0) is 36.6. The average Bonchev–Trinajstić information content (AvgIpc) is 3.99. The highest BCUT2D eigenvalue weighted by Gasteiger charge is 2.19. The molecule has 0 radical (unpaired) electrons. The molecule has 52 heavy (non-hydrogen) atoms. The van der Waals surface area contributed by atoms with E-state index in [-0.39, 0.29) is 25.4 Å². The molecule has 15 heteroatoms. The molecule has 0 bridgehead atoms. The first-order chi connectivity index (χ1) is 25.5. The van der Waals surface area contributed by atoms with Crippen molar-refractivity contribution in [3.63, 3.8) is 0 Å². The second-order valence-corrected chi connectivity index (χ2v) is 16.0. The molecule has 0 spiro atoms. The third kappa shape index (κ3) is 16.9. The van der Waals surface area contributed by atoms with Crippen LogP contribution in [-0.4, -0.2) is 113 Å². The number of hydrogen-bond acceptors (Lipinski definition) is 13. The minimum Gasteiger partial charge on any atom is -0.447 e. The number of hydrogen-bond donors (Lipinski definition) is 0. The molecule has 4 rings (SSSR count). The lowest BCUT2D eigenvalue weighted by molar-refractivity contribution is 0.0107. The minimum absolute atomic E-state index is 0.191. The molecule has 2 amide bonds. The number of carbonyl (C=O) groups excluding carboxylic acids is 2. The van der Waals surface area contributed by atoms with Gasteiger partial charge in [0.1, 0.15) is 13.2 Å². The Morgan fingerprint density at radius 1 is 0.500 bits per heavy atom. The van der Waals surface area contributed by atoms with Gasteiger partial charge in [-0.1, -0.05) is 24.3 Å². The Kier molecular flexibility index (Phi) is 20.3. The molecule has 0 aliphatic carbocycles. The molecule has 286 valence electrons. The Morgan fingerprint density at radius 3 is 1.10 bits per heavy atom. The van der Waals surface area contributed by atoms with E-state index in [4.69, 9.17) is 28.4 Å². The van der Waals surface area contributed by atoms with Gasteiger partial charge >= 0.3 is 12.2 Å². The van der Waals surface area contributed by atoms with Gasteiger partial charge in [0, 0.05) is 38.8 Å². The Morgan fingerprint density at radius 2 is 0.808 bits per heavy atom. The Balaban J connectivity index is 0.969. The molecule has 0 unspecified atom stereocenters. The van der Waals surface area contributed by atoms with Crippen LogP contribution in [0.25, 0.3) is 0 Å². The lowest BCUT2D eigenvalue weighted by Crippen LogP contribution is -2.31. The largest absolute Gasteiger partial charge is 0.447 e. The van der Waals surface area contributed by atoms with E-state index in [9.17, 15) is 9.59 Å². The molecule has 0 N–H and O–H groups in total. The number of rotatable bonds is 27. The zero-order valence-corrected chi connectivity index (χ0v) is 33.3. The van der Waals surface area contributed by atoms with Crippen molar-refractivity contribution in [1.82, 2.24) is 14.7 Å². The van der Waals surface area contributed by atoms with Crippen molar-refractivity contribution in [3.8, 4) is 0 Å². The second-order valence-electron chi connectivity index (χ2n) is 11.9. The van der Waals surface area contributed by atoms with Crippen LogP contribution in [0.5, 0.6) is 0 Å². The van der Waals surface area contributed by atoms with E-state index in [0.717, 1.165) is 32.4 Å². The van der Waals surface area contributed by atoms with Crippen molar-refractivity contribution >= 4 is 57.5 Å². The lowest BCUT2D eigenvalue weighted by atomic mass is 10.1. The first-order valence-corrected chi connectivity index (χ1v) is 20.9. The van der Waals surface area contributed by atoms with Crippen LogP contribution in [0.2, 0.25) is 0 Å². The van der Waals surface area contributed by atoms with Crippen molar-refractivity contribution < 1.29 is 38.0 Å². The van der Waals surface area contributed by atoms with Crippen LogP contribution in [0, 0.1) is 0 Å². The summed E-state index contributed by atoms with van der Waals surface area (Å²) in [6.07, 6.45) is 1.06.